The third-order valence-corrected chi connectivity index (χ3v) is 3.23. The van der Waals surface area contributed by atoms with Crippen molar-refractivity contribution in [1.29, 1.82) is 0 Å². The maximum absolute atomic E-state index is 11.5. The van der Waals surface area contributed by atoms with Crippen molar-refractivity contribution in [3.63, 3.8) is 0 Å². The quantitative estimate of drug-likeness (QED) is 0.778. The Morgan fingerprint density at radius 3 is 3.11 bits per heavy atom. The van der Waals surface area contributed by atoms with Gasteiger partial charge >= 0.3 is 0 Å². The lowest BCUT2D eigenvalue weighted by atomic mass is 10.2. The van der Waals surface area contributed by atoms with E-state index in [1.807, 2.05) is 0 Å². The number of nitrogens with two attached hydrogens (primary N) is 1. The van der Waals surface area contributed by atoms with Crippen LogP contribution in [0.1, 0.15) is 19.1 Å². The van der Waals surface area contributed by atoms with Crippen molar-refractivity contribution in [2.75, 3.05) is 12.8 Å². The highest BCUT2D eigenvalue weighted by atomic mass is 16.5. The fraction of sp³-hybridized carbons (Fsp3) is 0.455. The molecule has 3 heterocycles. The number of likely N-dealkylation sites (N-methyl/N-ethyl adjacent to an activating group) is 1. The van der Waals surface area contributed by atoms with Gasteiger partial charge in [0.2, 0.25) is 5.91 Å². The average Bonchev–Trinajstić information content (AvgIpc) is 3.04. The Morgan fingerprint density at radius 2 is 2.32 bits per heavy atom. The fourth-order valence-corrected chi connectivity index (χ4v) is 2.26. The van der Waals surface area contributed by atoms with Gasteiger partial charge in [-0.25, -0.2) is 15.0 Å². The van der Waals surface area contributed by atoms with Crippen LogP contribution >= 0.6 is 0 Å². The first kappa shape index (κ1) is 11.8. The summed E-state index contributed by atoms with van der Waals surface area (Å²) in [7, 11) is 1.60. The van der Waals surface area contributed by atoms with Crippen LogP contribution < -0.4 is 11.1 Å². The van der Waals surface area contributed by atoms with Crippen molar-refractivity contribution >= 4 is 22.9 Å². The second kappa shape index (κ2) is 4.47. The number of nitrogen functional groups attached to an aromatic ring is 1. The number of fused-ring (bicyclic) bond motifs is 1. The van der Waals surface area contributed by atoms with E-state index in [0.717, 1.165) is 6.42 Å². The first-order valence-electron chi connectivity index (χ1n) is 6.00. The van der Waals surface area contributed by atoms with E-state index in [9.17, 15) is 4.79 Å². The molecule has 2 unspecified atom stereocenters. The number of nitrogens with one attached hydrogen (secondary N) is 1. The molecule has 0 spiro atoms. The Kier molecular flexibility index (Phi) is 2.79. The van der Waals surface area contributed by atoms with Gasteiger partial charge in [-0.2, -0.15) is 0 Å². The number of aromatic nitrogens is 4. The number of nitrogens with zero attached hydrogens (tertiary/aromatic N) is 4. The van der Waals surface area contributed by atoms with E-state index in [0.29, 0.717) is 23.4 Å². The van der Waals surface area contributed by atoms with Crippen LogP contribution in [0.5, 0.6) is 0 Å². The third kappa shape index (κ3) is 1.89. The number of imidazole rings is 1. The molecule has 100 valence electrons. The lowest BCUT2D eigenvalue weighted by Crippen LogP contribution is -2.31. The molecular formula is C11H14N6O2. The predicted molar refractivity (Wildman–Crippen MR) is 66.9 cm³/mol. The zero-order chi connectivity index (χ0) is 13.4. The van der Waals surface area contributed by atoms with Crippen molar-refractivity contribution in [2.45, 2.75) is 25.2 Å². The number of carbonyl (C=O) groups is 1. The summed E-state index contributed by atoms with van der Waals surface area (Å²) in [6.45, 7) is 0. The largest absolute Gasteiger partial charge is 0.382 e. The molecule has 0 saturated carbocycles. The highest BCUT2D eigenvalue weighted by Crippen LogP contribution is 2.30. The summed E-state index contributed by atoms with van der Waals surface area (Å²) in [5, 5.41) is 2.58. The molecule has 1 saturated heterocycles. The summed E-state index contributed by atoms with van der Waals surface area (Å²) in [6.07, 6.45) is 3.74. The Bertz CT molecular complexity index is 625. The van der Waals surface area contributed by atoms with Crippen molar-refractivity contribution in [2.24, 2.45) is 0 Å². The van der Waals surface area contributed by atoms with Gasteiger partial charge in [0.15, 0.2) is 11.5 Å². The average molecular weight is 262 g/mol. The van der Waals surface area contributed by atoms with Crippen LogP contribution in [0.25, 0.3) is 11.2 Å². The van der Waals surface area contributed by atoms with E-state index >= 15 is 0 Å². The van der Waals surface area contributed by atoms with Crippen molar-refractivity contribution in [1.82, 2.24) is 24.8 Å². The molecule has 2 atom stereocenters. The summed E-state index contributed by atoms with van der Waals surface area (Å²) >= 11 is 0. The number of hydrogen-bond donors (Lipinski definition) is 2. The fourth-order valence-electron chi connectivity index (χ4n) is 2.26. The molecule has 3 N–H and O–H groups in total. The van der Waals surface area contributed by atoms with Gasteiger partial charge in [-0.3, -0.25) is 9.36 Å². The van der Waals surface area contributed by atoms with E-state index in [1.165, 1.54) is 6.33 Å². The van der Waals surface area contributed by atoms with Gasteiger partial charge in [-0.1, -0.05) is 0 Å². The topological polar surface area (TPSA) is 108 Å². The zero-order valence-electron chi connectivity index (χ0n) is 10.4. The number of amides is 1. The summed E-state index contributed by atoms with van der Waals surface area (Å²) in [5.74, 6) is 0.227. The van der Waals surface area contributed by atoms with Gasteiger partial charge < -0.3 is 15.8 Å². The SMILES string of the molecule is CNC(=O)C1CCC(n2cnc3c(N)ncnc32)O1. The number of hydrogen-bond acceptors (Lipinski definition) is 6. The Labute approximate surface area is 109 Å². The normalized spacial score (nSPS) is 22.8. The van der Waals surface area contributed by atoms with E-state index in [1.54, 1.807) is 17.9 Å². The molecule has 2 aromatic heterocycles. The van der Waals surface area contributed by atoms with Crippen LogP contribution in [-0.2, 0) is 9.53 Å². The summed E-state index contributed by atoms with van der Waals surface area (Å²) in [6, 6.07) is 0. The number of rotatable bonds is 2. The molecule has 8 heteroatoms. The highest BCUT2D eigenvalue weighted by Gasteiger charge is 2.32. The number of ether oxygens (including phenoxy) is 1. The van der Waals surface area contributed by atoms with Crippen LogP contribution in [0.2, 0.25) is 0 Å². The molecule has 0 aliphatic carbocycles. The van der Waals surface area contributed by atoms with Crippen LogP contribution in [0.15, 0.2) is 12.7 Å². The van der Waals surface area contributed by atoms with Crippen LogP contribution in [0.3, 0.4) is 0 Å². The first-order chi connectivity index (χ1) is 9.20. The van der Waals surface area contributed by atoms with Gasteiger partial charge in [-0.05, 0) is 12.8 Å². The molecule has 2 aromatic rings. The smallest absolute Gasteiger partial charge is 0.248 e. The van der Waals surface area contributed by atoms with Gasteiger partial charge in [0.25, 0.3) is 0 Å². The number of carbonyl (C=O) groups excluding carboxylic acids is 1. The first-order valence-corrected chi connectivity index (χ1v) is 6.00. The van der Waals surface area contributed by atoms with Crippen molar-refractivity contribution in [3.8, 4) is 0 Å². The summed E-state index contributed by atoms with van der Waals surface area (Å²) in [4.78, 5) is 23.8. The van der Waals surface area contributed by atoms with Gasteiger partial charge in [0, 0.05) is 7.05 Å². The Hall–Kier alpha value is -2.22. The van der Waals surface area contributed by atoms with Gasteiger partial charge in [-0.15, -0.1) is 0 Å². The summed E-state index contributed by atoms with van der Waals surface area (Å²) < 4.78 is 7.50. The molecular weight excluding hydrogens is 248 g/mol. The highest BCUT2D eigenvalue weighted by molar-refractivity contribution is 5.82. The lowest BCUT2D eigenvalue weighted by molar-refractivity contribution is -0.133. The minimum Gasteiger partial charge on any atom is -0.382 e. The molecule has 1 aliphatic heterocycles. The maximum atomic E-state index is 11.5. The standard InChI is InChI=1S/C11H14N6O2/c1-13-11(18)6-2-3-7(19-6)17-5-16-8-9(12)14-4-15-10(8)17/h4-7H,2-3H2,1H3,(H,13,18)(H2,12,14,15). The maximum Gasteiger partial charge on any atom is 0.248 e. The van der Waals surface area contributed by atoms with E-state index in [-0.39, 0.29) is 12.1 Å². The molecule has 3 rings (SSSR count). The Morgan fingerprint density at radius 1 is 1.47 bits per heavy atom. The molecule has 0 radical (unpaired) electrons. The van der Waals surface area contributed by atoms with Crippen LogP contribution in [0, 0.1) is 0 Å². The summed E-state index contributed by atoms with van der Waals surface area (Å²) in [5.41, 5.74) is 6.90. The van der Waals surface area contributed by atoms with Crippen LogP contribution in [-0.4, -0.2) is 38.6 Å². The monoisotopic (exact) mass is 262 g/mol. The van der Waals surface area contributed by atoms with E-state index in [4.69, 9.17) is 10.5 Å². The molecule has 1 aliphatic rings. The molecule has 19 heavy (non-hydrogen) atoms. The minimum atomic E-state index is -0.424. The second-order valence-electron chi connectivity index (χ2n) is 4.35. The van der Waals surface area contributed by atoms with Crippen molar-refractivity contribution in [3.05, 3.63) is 12.7 Å². The Balaban J connectivity index is 1.90. The molecule has 1 fully saturated rings. The van der Waals surface area contributed by atoms with Gasteiger partial charge in [0.05, 0.1) is 6.33 Å². The van der Waals surface area contributed by atoms with E-state index in [2.05, 4.69) is 20.3 Å². The van der Waals surface area contributed by atoms with Crippen molar-refractivity contribution < 1.29 is 9.53 Å². The lowest BCUT2D eigenvalue weighted by Gasteiger charge is -2.14. The zero-order valence-corrected chi connectivity index (χ0v) is 10.4. The minimum absolute atomic E-state index is 0.110. The predicted octanol–water partition coefficient (Wildman–Crippen LogP) is -0.168. The van der Waals surface area contributed by atoms with Gasteiger partial charge in [0.1, 0.15) is 24.2 Å². The molecule has 0 aromatic carbocycles. The molecule has 1 amide bonds. The van der Waals surface area contributed by atoms with Crippen LogP contribution in [0.4, 0.5) is 5.82 Å². The number of anilines is 1. The second-order valence-corrected chi connectivity index (χ2v) is 4.35. The molecule has 8 nitrogen and oxygen atoms in total. The third-order valence-electron chi connectivity index (χ3n) is 3.23. The van der Waals surface area contributed by atoms with E-state index < -0.39 is 6.10 Å². The molecule has 0 bridgehead atoms.